The Hall–Kier alpha value is -1.17. The van der Waals surface area contributed by atoms with Crippen LogP contribution in [0.4, 0.5) is 0 Å². The average Bonchev–Trinajstić information content (AvgIpc) is 3.12. The summed E-state index contributed by atoms with van der Waals surface area (Å²) in [6.45, 7) is 6.44. The predicted octanol–water partition coefficient (Wildman–Crippen LogP) is 3.35. The third-order valence-electron chi connectivity index (χ3n) is 10.1. The number of aromatic nitrogens is 2. The zero-order chi connectivity index (χ0) is 20.8. The fourth-order valence-corrected chi connectivity index (χ4v) is 7.99. The number of imidazole rings is 1. The highest BCUT2D eigenvalue weighted by Gasteiger charge is 2.72. The van der Waals surface area contributed by atoms with Crippen molar-refractivity contribution in [2.45, 2.75) is 89.4 Å². The molecule has 0 bridgehead atoms. The number of hydrogen-bond acceptors (Lipinski definition) is 4. The van der Waals surface area contributed by atoms with E-state index in [0.717, 1.165) is 50.0 Å². The van der Waals surface area contributed by atoms with Gasteiger partial charge in [0.1, 0.15) is 11.4 Å². The summed E-state index contributed by atoms with van der Waals surface area (Å²) in [5.41, 5.74) is -0.179. The largest absolute Gasteiger partial charge is 0.389 e. The van der Waals surface area contributed by atoms with Crippen LogP contribution >= 0.6 is 0 Å². The first kappa shape index (κ1) is 19.8. The molecule has 0 saturated heterocycles. The van der Waals surface area contributed by atoms with Crippen LogP contribution < -0.4 is 0 Å². The number of fused-ring (bicyclic) bond motifs is 5. The molecule has 3 N–H and O–H groups in total. The summed E-state index contributed by atoms with van der Waals surface area (Å²) in [4.78, 5) is 4.44. The molecule has 0 aliphatic heterocycles. The number of rotatable bonds is 1. The second-order valence-corrected chi connectivity index (χ2v) is 10.9. The molecule has 4 aliphatic carbocycles. The van der Waals surface area contributed by atoms with E-state index in [9.17, 15) is 15.3 Å². The summed E-state index contributed by atoms with van der Waals surface area (Å²) in [5, 5.41) is 34.4. The molecule has 0 aromatic carbocycles. The Balaban J connectivity index is 1.56. The molecule has 1 heterocycles. The molecule has 5 nitrogen and oxygen atoms in total. The summed E-state index contributed by atoms with van der Waals surface area (Å²) in [7, 11) is 1.97. The maximum Gasteiger partial charge on any atom is 0.114 e. The van der Waals surface area contributed by atoms with Crippen LogP contribution in [0.15, 0.2) is 17.8 Å². The summed E-state index contributed by atoms with van der Waals surface area (Å²) in [5.74, 6) is 1.51. The molecule has 0 spiro atoms. The standard InChI is InChI=1S/C24H36N2O3/c1-15-25-14-20(26(15)4)24(29)12-11-23(28)19-6-5-16-13-17(27)7-9-21(16,2)18(19)8-10-22(23,24)3/h13-14,17-19,27-29H,5-12H2,1-4H3/t17-,18-,19+,21-,22-,23-,24-/m0/s1. The van der Waals surface area contributed by atoms with Crippen LogP contribution in [0.1, 0.15) is 76.7 Å². The van der Waals surface area contributed by atoms with Crippen molar-refractivity contribution < 1.29 is 15.3 Å². The number of aryl methyl sites for hydroxylation is 1. The molecule has 0 radical (unpaired) electrons. The van der Waals surface area contributed by atoms with Crippen LogP contribution in [0, 0.1) is 29.6 Å². The van der Waals surface area contributed by atoms with Gasteiger partial charge in [-0.2, -0.15) is 0 Å². The van der Waals surface area contributed by atoms with Crippen molar-refractivity contribution in [3.05, 3.63) is 29.4 Å². The number of hydrogen-bond donors (Lipinski definition) is 3. The highest BCUT2D eigenvalue weighted by atomic mass is 16.3. The monoisotopic (exact) mass is 400 g/mol. The first-order valence-corrected chi connectivity index (χ1v) is 11.4. The highest BCUT2D eigenvalue weighted by Crippen LogP contribution is 2.71. The van der Waals surface area contributed by atoms with Crippen LogP contribution in [-0.4, -0.2) is 36.6 Å². The second kappa shape index (κ2) is 5.95. The lowest BCUT2D eigenvalue weighted by Gasteiger charge is -2.62. The Morgan fingerprint density at radius 3 is 2.48 bits per heavy atom. The maximum absolute atomic E-state index is 12.3. The number of nitrogens with zero attached hydrogens (tertiary/aromatic N) is 2. The maximum atomic E-state index is 12.3. The molecule has 1 aromatic heterocycles. The van der Waals surface area contributed by atoms with Gasteiger partial charge in [0.25, 0.3) is 0 Å². The molecule has 3 saturated carbocycles. The Bertz CT molecular complexity index is 877. The fraction of sp³-hybridized carbons (Fsp3) is 0.792. The minimum atomic E-state index is -1.05. The van der Waals surface area contributed by atoms with E-state index >= 15 is 0 Å². The van der Waals surface area contributed by atoms with E-state index in [4.69, 9.17) is 0 Å². The lowest BCUT2D eigenvalue weighted by molar-refractivity contribution is -0.223. The Morgan fingerprint density at radius 1 is 1.03 bits per heavy atom. The molecule has 5 rings (SSSR count). The quantitative estimate of drug-likeness (QED) is 0.632. The Labute approximate surface area is 173 Å². The zero-order valence-electron chi connectivity index (χ0n) is 18.3. The number of allylic oxidation sites excluding steroid dienone is 1. The van der Waals surface area contributed by atoms with E-state index in [1.807, 2.05) is 24.7 Å². The van der Waals surface area contributed by atoms with Crippen LogP contribution in [0.25, 0.3) is 0 Å². The van der Waals surface area contributed by atoms with E-state index in [1.165, 1.54) is 5.57 Å². The van der Waals surface area contributed by atoms with E-state index < -0.39 is 16.6 Å². The molecule has 4 aliphatic rings. The van der Waals surface area contributed by atoms with Crippen molar-refractivity contribution in [1.29, 1.82) is 0 Å². The van der Waals surface area contributed by atoms with Gasteiger partial charge in [0, 0.05) is 12.5 Å². The van der Waals surface area contributed by atoms with Crippen molar-refractivity contribution in [2.75, 3.05) is 0 Å². The first-order chi connectivity index (χ1) is 13.6. The van der Waals surface area contributed by atoms with Gasteiger partial charge in [-0.3, -0.25) is 0 Å². The lowest BCUT2D eigenvalue weighted by atomic mass is 9.44. The van der Waals surface area contributed by atoms with E-state index in [-0.39, 0.29) is 17.4 Å². The molecule has 0 amide bonds. The fourth-order valence-electron chi connectivity index (χ4n) is 7.99. The Morgan fingerprint density at radius 2 is 1.79 bits per heavy atom. The SMILES string of the molecule is Cc1ncc([C@@]2(O)CC[C@]3(O)[C@@H]4CCC5=C[C@@H](O)CC[C@]5(C)[C@H]4CC[C@]23C)n1C. The van der Waals surface area contributed by atoms with E-state index in [1.54, 1.807) is 0 Å². The van der Waals surface area contributed by atoms with Crippen molar-refractivity contribution in [2.24, 2.45) is 29.7 Å². The molecule has 7 atom stereocenters. The molecule has 29 heavy (non-hydrogen) atoms. The van der Waals surface area contributed by atoms with Gasteiger partial charge in [-0.25, -0.2) is 4.98 Å². The van der Waals surface area contributed by atoms with Crippen molar-refractivity contribution in [1.82, 2.24) is 9.55 Å². The molecule has 0 unspecified atom stereocenters. The predicted molar refractivity (Wildman–Crippen MR) is 111 cm³/mol. The summed E-state index contributed by atoms with van der Waals surface area (Å²) in [6.07, 6.45) is 10.4. The molecule has 1 aromatic rings. The second-order valence-electron chi connectivity index (χ2n) is 10.9. The third kappa shape index (κ3) is 2.25. The van der Waals surface area contributed by atoms with Crippen molar-refractivity contribution in [3.63, 3.8) is 0 Å². The van der Waals surface area contributed by atoms with Crippen molar-refractivity contribution >= 4 is 0 Å². The van der Waals surface area contributed by atoms with E-state index in [2.05, 4.69) is 24.9 Å². The molecular formula is C24H36N2O3. The van der Waals surface area contributed by atoms with Gasteiger partial charge in [-0.15, -0.1) is 0 Å². The van der Waals surface area contributed by atoms with Gasteiger partial charge in [0.2, 0.25) is 0 Å². The summed E-state index contributed by atoms with van der Waals surface area (Å²) in [6, 6.07) is 0. The minimum Gasteiger partial charge on any atom is -0.389 e. The van der Waals surface area contributed by atoms with Crippen LogP contribution in [-0.2, 0) is 12.6 Å². The van der Waals surface area contributed by atoms with Crippen LogP contribution in [0.2, 0.25) is 0 Å². The van der Waals surface area contributed by atoms with Crippen LogP contribution in [0.3, 0.4) is 0 Å². The molecular weight excluding hydrogens is 364 g/mol. The van der Waals surface area contributed by atoms with Gasteiger partial charge in [-0.05, 0) is 75.5 Å². The van der Waals surface area contributed by atoms with Gasteiger partial charge >= 0.3 is 0 Å². The molecule has 5 heteroatoms. The van der Waals surface area contributed by atoms with Crippen molar-refractivity contribution in [3.8, 4) is 0 Å². The average molecular weight is 401 g/mol. The smallest absolute Gasteiger partial charge is 0.114 e. The van der Waals surface area contributed by atoms with Gasteiger partial charge in [0.05, 0.1) is 23.6 Å². The third-order valence-corrected chi connectivity index (χ3v) is 10.1. The van der Waals surface area contributed by atoms with Gasteiger partial charge in [0.15, 0.2) is 0 Å². The minimum absolute atomic E-state index is 0.0725. The van der Waals surface area contributed by atoms with Gasteiger partial charge in [-0.1, -0.05) is 25.5 Å². The Kier molecular flexibility index (Phi) is 4.06. The molecule has 3 fully saturated rings. The van der Waals surface area contributed by atoms with Gasteiger partial charge < -0.3 is 19.9 Å². The molecule has 160 valence electrons. The van der Waals surface area contributed by atoms with E-state index in [0.29, 0.717) is 18.8 Å². The normalized spacial score (nSPS) is 49.2. The number of aliphatic hydroxyl groups excluding tert-OH is 1. The summed E-state index contributed by atoms with van der Waals surface area (Å²) >= 11 is 0. The van der Waals surface area contributed by atoms with Crippen LogP contribution in [0.5, 0.6) is 0 Å². The topological polar surface area (TPSA) is 78.5 Å². The highest BCUT2D eigenvalue weighted by molar-refractivity contribution is 5.32. The first-order valence-electron chi connectivity index (χ1n) is 11.4. The zero-order valence-corrected chi connectivity index (χ0v) is 18.3. The lowest BCUT2D eigenvalue weighted by Crippen LogP contribution is -2.63. The number of aliphatic hydroxyl groups is 3. The summed E-state index contributed by atoms with van der Waals surface area (Å²) < 4.78 is 1.99.